The average molecular weight is 342 g/mol. The lowest BCUT2D eigenvalue weighted by Gasteiger charge is -2.17. The smallest absolute Gasteiger partial charge is 0.332 e. The lowest BCUT2D eigenvalue weighted by molar-refractivity contribution is -0.133. The van der Waals surface area contributed by atoms with Crippen LogP contribution in [0.25, 0.3) is 0 Å². The van der Waals surface area contributed by atoms with Crippen LogP contribution in [0.15, 0.2) is 33.8 Å². The molecule has 0 saturated heterocycles. The summed E-state index contributed by atoms with van der Waals surface area (Å²) in [7, 11) is 0. The first-order valence-corrected chi connectivity index (χ1v) is 7.00. The van der Waals surface area contributed by atoms with Crippen LogP contribution in [-0.2, 0) is 9.59 Å². The maximum atomic E-state index is 13.7. The van der Waals surface area contributed by atoms with Gasteiger partial charge in [0.05, 0.1) is 5.69 Å². The van der Waals surface area contributed by atoms with Gasteiger partial charge in [-0.2, -0.15) is 0 Å². The third kappa shape index (κ3) is 3.25. The first-order chi connectivity index (χ1) is 9.49. The Balaban J connectivity index is 2.24. The molecule has 1 aromatic carbocycles. The molecule has 1 aliphatic rings. The van der Waals surface area contributed by atoms with Crippen LogP contribution in [0.2, 0.25) is 0 Å². The SMILES string of the molecule is O=C(O)C1=C(C(=O)Nc2ccc(Br)cc2F)CCCC1. The van der Waals surface area contributed by atoms with Gasteiger partial charge in [-0.3, -0.25) is 4.79 Å². The minimum atomic E-state index is -1.08. The number of halogens is 2. The lowest BCUT2D eigenvalue weighted by atomic mass is 9.91. The summed E-state index contributed by atoms with van der Waals surface area (Å²) in [6.45, 7) is 0. The maximum Gasteiger partial charge on any atom is 0.332 e. The predicted octanol–water partition coefficient (Wildman–Crippen LogP) is 3.48. The van der Waals surface area contributed by atoms with Crippen molar-refractivity contribution in [3.8, 4) is 0 Å². The van der Waals surface area contributed by atoms with Gasteiger partial charge in [0, 0.05) is 15.6 Å². The van der Waals surface area contributed by atoms with Crippen LogP contribution < -0.4 is 5.32 Å². The molecular weight excluding hydrogens is 329 g/mol. The molecule has 0 radical (unpaired) electrons. The molecule has 0 spiro atoms. The van der Waals surface area contributed by atoms with E-state index in [9.17, 15) is 14.0 Å². The fourth-order valence-corrected chi connectivity index (χ4v) is 2.51. The van der Waals surface area contributed by atoms with Crippen molar-refractivity contribution in [2.75, 3.05) is 5.32 Å². The average Bonchev–Trinajstić information content (AvgIpc) is 2.41. The van der Waals surface area contributed by atoms with Crippen molar-refractivity contribution in [1.82, 2.24) is 0 Å². The van der Waals surface area contributed by atoms with E-state index in [4.69, 9.17) is 5.11 Å². The molecule has 6 heteroatoms. The summed E-state index contributed by atoms with van der Waals surface area (Å²) in [5, 5.41) is 11.5. The predicted molar refractivity (Wildman–Crippen MR) is 75.9 cm³/mol. The van der Waals surface area contributed by atoms with E-state index in [0.29, 0.717) is 17.3 Å². The van der Waals surface area contributed by atoms with Crippen molar-refractivity contribution in [2.45, 2.75) is 25.7 Å². The van der Waals surface area contributed by atoms with Gasteiger partial charge < -0.3 is 10.4 Å². The number of nitrogens with one attached hydrogen (secondary N) is 1. The van der Waals surface area contributed by atoms with Crippen LogP contribution >= 0.6 is 15.9 Å². The number of carboxylic acids is 1. The van der Waals surface area contributed by atoms with E-state index in [-0.39, 0.29) is 16.8 Å². The van der Waals surface area contributed by atoms with Gasteiger partial charge in [0.15, 0.2) is 0 Å². The van der Waals surface area contributed by atoms with E-state index in [1.807, 2.05) is 0 Å². The summed E-state index contributed by atoms with van der Waals surface area (Å²) in [6, 6.07) is 4.27. The zero-order valence-corrected chi connectivity index (χ0v) is 12.2. The third-order valence-electron chi connectivity index (χ3n) is 3.18. The van der Waals surface area contributed by atoms with E-state index in [1.54, 1.807) is 6.07 Å². The lowest BCUT2D eigenvalue weighted by Crippen LogP contribution is -2.21. The minimum absolute atomic E-state index is 0.0426. The van der Waals surface area contributed by atoms with Crippen LogP contribution in [0, 0.1) is 5.82 Å². The Labute approximate surface area is 123 Å². The molecular formula is C14H13BrFNO3. The molecule has 0 unspecified atom stereocenters. The molecule has 0 aromatic heterocycles. The van der Waals surface area contributed by atoms with Crippen LogP contribution in [-0.4, -0.2) is 17.0 Å². The monoisotopic (exact) mass is 341 g/mol. The standard InChI is InChI=1S/C14H13BrFNO3/c15-8-5-6-12(11(16)7-8)17-13(18)9-3-1-2-4-10(9)14(19)20/h5-7H,1-4H2,(H,17,18)(H,19,20). The zero-order valence-electron chi connectivity index (χ0n) is 10.6. The number of aliphatic carboxylic acids is 1. The molecule has 1 amide bonds. The highest BCUT2D eigenvalue weighted by molar-refractivity contribution is 9.10. The summed E-state index contributed by atoms with van der Waals surface area (Å²) in [4.78, 5) is 23.2. The van der Waals surface area contributed by atoms with E-state index >= 15 is 0 Å². The summed E-state index contributed by atoms with van der Waals surface area (Å²) < 4.78 is 14.2. The van der Waals surface area contributed by atoms with Gasteiger partial charge in [-0.15, -0.1) is 0 Å². The Hall–Kier alpha value is -1.69. The Morgan fingerprint density at radius 1 is 1.20 bits per heavy atom. The van der Waals surface area contributed by atoms with Crippen molar-refractivity contribution in [2.24, 2.45) is 0 Å². The topological polar surface area (TPSA) is 66.4 Å². The second-order valence-corrected chi connectivity index (χ2v) is 5.46. The molecule has 2 N–H and O–H groups in total. The highest BCUT2D eigenvalue weighted by Gasteiger charge is 2.24. The number of anilines is 1. The molecule has 0 saturated carbocycles. The first kappa shape index (κ1) is 14.7. The minimum Gasteiger partial charge on any atom is -0.478 e. The number of benzene rings is 1. The van der Waals surface area contributed by atoms with Crippen molar-refractivity contribution >= 4 is 33.5 Å². The maximum absolute atomic E-state index is 13.7. The molecule has 1 aromatic rings. The fraction of sp³-hybridized carbons (Fsp3) is 0.286. The molecule has 20 heavy (non-hydrogen) atoms. The molecule has 0 aliphatic heterocycles. The fourth-order valence-electron chi connectivity index (χ4n) is 2.18. The van der Waals surface area contributed by atoms with Crippen molar-refractivity contribution in [3.05, 3.63) is 39.6 Å². The second kappa shape index (κ2) is 6.17. The quantitative estimate of drug-likeness (QED) is 0.884. The second-order valence-electron chi connectivity index (χ2n) is 4.55. The van der Waals surface area contributed by atoms with Gasteiger partial charge in [-0.05, 0) is 43.9 Å². The number of hydrogen-bond donors (Lipinski definition) is 2. The summed E-state index contributed by atoms with van der Waals surface area (Å²) in [5.74, 6) is -2.18. The summed E-state index contributed by atoms with van der Waals surface area (Å²) in [5.41, 5.74) is 0.415. The van der Waals surface area contributed by atoms with Crippen LogP contribution in [0.1, 0.15) is 25.7 Å². The van der Waals surface area contributed by atoms with E-state index in [0.717, 1.165) is 12.8 Å². The number of amides is 1. The van der Waals surface area contributed by atoms with Crippen LogP contribution in [0.5, 0.6) is 0 Å². The Morgan fingerprint density at radius 2 is 1.85 bits per heavy atom. The highest BCUT2D eigenvalue weighted by Crippen LogP contribution is 2.27. The molecule has 0 atom stereocenters. The molecule has 106 valence electrons. The Morgan fingerprint density at radius 3 is 2.45 bits per heavy atom. The first-order valence-electron chi connectivity index (χ1n) is 6.20. The molecule has 4 nitrogen and oxygen atoms in total. The van der Waals surface area contributed by atoms with E-state index in [1.165, 1.54) is 12.1 Å². The summed E-state index contributed by atoms with van der Waals surface area (Å²) >= 11 is 3.13. The van der Waals surface area contributed by atoms with Gasteiger partial charge in [0.2, 0.25) is 0 Å². The zero-order chi connectivity index (χ0) is 14.7. The molecule has 2 rings (SSSR count). The summed E-state index contributed by atoms with van der Waals surface area (Å²) in [6.07, 6.45) is 2.31. The normalized spacial score (nSPS) is 15.1. The van der Waals surface area contributed by atoms with E-state index < -0.39 is 17.7 Å². The van der Waals surface area contributed by atoms with Gasteiger partial charge in [0.1, 0.15) is 5.82 Å². The van der Waals surface area contributed by atoms with Gasteiger partial charge in [-0.25, -0.2) is 9.18 Å². The third-order valence-corrected chi connectivity index (χ3v) is 3.67. The number of rotatable bonds is 3. The number of carbonyl (C=O) groups is 2. The van der Waals surface area contributed by atoms with Crippen molar-refractivity contribution in [3.63, 3.8) is 0 Å². The Kier molecular flexibility index (Phi) is 4.54. The number of carbonyl (C=O) groups excluding carboxylic acids is 1. The van der Waals surface area contributed by atoms with Crippen LogP contribution in [0.4, 0.5) is 10.1 Å². The number of hydrogen-bond acceptors (Lipinski definition) is 2. The van der Waals surface area contributed by atoms with Gasteiger partial charge in [-0.1, -0.05) is 15.9 Å². The van der Waals surface area contributed by atoms with Gasteiger partial charge in [0.25, 0.3) is 5.91 Å². The van der Waals surface area contributed by atoms with E-state index in [2.05, 4.69) is 21.2 Å². The molecule has 1 aliphatic carbocycles. The largest absolute Gasteiger partial charge is 0.478 e. The van der Waals surface area contributed by atoms with Crippen molar-refractivity contribution in [1.29, 1.82) is 0 Å². The molecule has 0 fully saturated rings. The van der Waals surface area contributed by atoms with Crippen LogP contribution in [0.3, 0.4) is 0 Å². The molecule has 0 heterocycles. The molecule has 0 bridgehead atoms. The number of carboxylic acid groups (broad SMARTS) is 1. The van der Waals surface area contributed by atoms with Gasteiger partial charge >= 0.3 is 5.97 Å². The Bertz CT molecular complexity index is 598. The highest BCUT2D eigenvalue weighted by atomic mass is 79.9. The van der Waals surface area contributed by atoms with Crippen molar-refractivity contribution < 1.29 is 19.1 Å².